The Morgan fingerprint density at radius 3 is 1.26 bits per heavy atom. The number of nitrogens with one attached hydrogen (secondary N) is 4. The van der Waals surface area contributed by atoms with Crippen LogP contribution in [-0.2, 0) is 9.59 Å². The van der Waals surface area contributed by atoms with Crippen LogP contribution in [0.5, 0.6) is 23.0 Å². The highest BCUT2D eigenvalue weighted by Crippen LogP contribution is 2.40. The van der Waals surface area contributed by atoms with Gasteiger partial charge in [0, 0.05) is 35.6 Å². The van der Waals surface area contributed by atoms with Gasteiger partial charge < -0.3 is 42.2 Å². The first-order valence-electron chi connectivity index (χ1n) is 23.1. The zero-order valence-corrected chi connectivity index (χ0v) is 39.0. The van der Waals surface area contributed by atoms with Gasteiger partial charge >= 0.3 is 0 Å². The molecule has 0 saturated heterocycles. The first kappa shape index (κ1) is 47.4. The van der Waals surface area contributed by atoms with Gasteiger partial charge in [-0.3, -0.25) is 19.2 Å². The fourth-order valence-electron chi connectivity index (χ4n) is 8.69. The maximum Gasteiger partial charge on any atom is 0.254 e. The highest BCUT2D eigenvalue weighted by atomic mass is 16.5. The van der Waals surface area contributed by atoms with Crippen molar-refractivity contribution in [3.05, 3.63) is 205 Å². The third-order valence-corrected chi connectivity index (χ3v) is 12.0. The molecule has 360 valence electrons. The highest BCUT2D eigenvalue weighted by molar-refractivity contribution is 6.05. The number of benzene rings is 6. The van der Waals surface area contributed by atoms with Gasteiger partial charge in [0.1, 0.15) is 57.1 Å². The Labute approximate surface area is 415 Å². The van der Waals surface area contributed by atoms with Crippen LogP contribution in [0.2, 0.25) is 0 Å². The van der Waals surface area contributed by atoms with Crippen molar-refractivity contribution >= 4 is 46.6 Å². The lowest BCUT2D eigenvalue weighted by Crippen LogP contribution is -2.26. The van der Waals surface area contributed by atoms with Gasteiger partial charge in [0.25, 0.3) is 11.8 Å². The third kappa shape index (κ3) is 10.5. The summed E-state index contributed by atoms with van der Waals surface area (Å²) in [6.45, 7) is 8.28. The molecule has 0 saturated carbocycles. The van der Waals surface area contributed by atoms with Crippen LogP contribution in [0.4, 0.5) is 23.0 Å². The predicted molar refractivity (Wildman–Crippen MR) is 278 cm³/mol. The van der Waals surface area contributed by atoms with Crippen molar-refractivity contribution < 1.29 is 28.7 Å². The van der Waals surface area contributed by atoms with E-state index in [0.29, 0.717) is 70.1 Å². The number of ether oxygens (including phenoxy) is 2. The van der Waals surface area contributed by atoms with Crippen molar-refractivity contribution in [1.29, 1.82) is 0 Å². The molecule has 72 heavy (non-hydrogen) atoms. The molecular formula is C56H50N10O6. The van der Waals surface area contributed by atoms with E-state index in [0.717, 1.165) is 46.6 Å². The Bertz CT molecular complexity index is 3080. The summed E-state index contributed by atoms with van der Waals surface area (Å²) in [6.07, 6.45) is 3.94. The molecule has 8 aromatic rings. The molecule has 0 bridgehead atoms. The third-order valence-electron chi connectivity index (χ3n) is 12.0. The average Bonchev–Trinajstić information content (AvgIpc) is 4.00. The predicted octanol–water partition coefficient (Wildman–Crippen LogP) is 9.94. The standard InChI is InChI=1S/2C28H25N5O3/c2*1-2-24(34)31-20-8-6-7-19(17-20)23-15-16-30-28-25(27(29)35)26(32-33(23)28)18-11-13-22(14-12-18)36-21-9-4-3-5-10-21/h2*2-14,17,23,30H,1,15-16H2,(H2,29,35)(H,31,34). The Morgan fingerprint density at radius 1 is 0.528 bits per heavy atom. The molecule has 10 rings (SSSR count). The van der Waals surface area contributed by atoms with Gasteiger partial charge in [-0.05, 0) is 133 Å². The maximum atomic E-state index is 12.5. The molecule has 0 aliphatic carbocycles. The first-order chi connectivity index (χ1) is 35.1. The van der Waals surface area contributed by atoms with E-state index in [1.807, 2.05) is 167 Å². The lowest BCUT2D eigenvalue weighted by atomic mass is 10.0. The molecule has 16 nitrogen and oxygen atoms in total. The Morgan fingerprint density at radius 2 is 0.903 bits per heavy atom. The SMILES string of the molecule is C=CC(=O)Nc1cccc(C2CCNc3c(C(N)=O)c(-c4ccc(Oc5ccccc5)cc4)nn32)c1.C=CC(=O)Nc1cccc(C2CCNc3c(C(N)=O)c(-c4ccc(Oc5ccccc5)cc4)nn32)c1. The summed E-state index contributed by atoms with van der Waals surface area (Å²) in [5, 5.41) is 21.8. The zero-order valence-electron chi connectivity index (χ0n) is 39.0. The molecule has 2 aliphatic rings. The number of carbonyl (C=O) groups is 4. The van der Waals surface area contributed by atoms with Crippen LogP contribution in [0, 0.1) is 0 Å². The number of hydrogen-bond donors (Lipinski definition) is 6. The molecule has 0 radical (unpaired) electrons. The summed E-state index contributed by atoms with van der Waals surface area (Å²) in [4.78, 5) is 48.6. The quantitative estimate of drug-likeness (QED) is 0.0566. The van der Waals surface area contributed by atoms with E-state index in [4.69, 9.17) is 31.1 Å². The van der Waals surface area contributed by atoms with Gasteiger partial charge in [-0.1, -0.05) is 73.8 Å². The number of primary amides is 2. The van der Waals surface area contributed by atoms with E-state index in [1.165, 1.54) is 12.2 Å². The van der Waals surface area contributed by atoms with Gasteiger partial charge in [0.2, 0.25) is 11.8 Å². The Hall–Kier alpha value is -9.70. The smallest absolute Gasteiger partial charge is 0.254 e. The van der Waals surface area contributed by atoms with Crippen molar-refractivity contribution in [1.82, 2.24) is 19.6 Å². The maximum absolute atomic E-state index is 12.5. The molecule has 0 spiro atoms. The molecular weight excluding hydrogens is 909 g/mol. The second-order valence-electron chi connectivity index (χ2n) is 16.7. The zero-order chi connectivity index (χ0) is 50.1. The molecule has 2 atom stereocenters. The molecule has 2 aromatic heterocycles. The summed E-state index contributed by atoms with van der Waals surface area (Å²) < 4.78 is 15.4. The fourth-order valence-corrected chi connectivity index (χ4v) is 8.69. The number of para-hydroxylation sites is 2. The number of rotatable bonds is 14. The van der Waals surface area contributed by atoms with Crippen molar-refractivity contribution in [3.8, 4) is 45.5 Å². The number of hydrogen-bond acceptors (Lipinski definition) is 10. The van der Waals surface area contributed by atoms with Gasteiger partial charge in [-0.2, -0.15) is 10.2 Å². The Kier molecular flexibility index (Phi) is 14.0. The van der Waals surface area contributed by atoms with Gasteiger partial charge in [-0.25, -0.2) is 9.36 Å². The van der Waals surface area contributed by atoms with E-state index < -0.39 is 11.8 Å². The van der Waals surface area contributed by atoms with Crippen LogP contribution in [0.15, 0.2) is 183 Å². The van der Waals surface area contributed by atoms with Crippen molar-refractivity contribution in [3.63, 3.8) is 0 Å². The summed E-state index contributed by atoms with van der Waals surface area (Å²) in [5.74, 6) is 2.29. The molecule has 2 unspecified atom stereocenters. The fraction of sp³-hybridized carbons (Fsp3) is 0.107. The summed E-state index contributed by atoms with van der Waals surface area (Å²) in [5.41, 5.74) is 18.0. The summed E-state index contributed by atoms with van der Waals surface area (Å²) in [7, 11) is 0. The first-order valence-corrected chi connectivity index (χ1v) is 23.1. The lowest BCUT2D eigenvalue weighted by molar-refractivity contribution is -0.112. The number of fused-ring (bicyclic) bond motifs is 2. The summed E-state index contributed by atoms with van der Waals surface area (Å²) in [6, 6.07) is 48.6. The molecule has 2 aliphatic heterocycles. The van der Waals surface area contributed by atoms with Gasteiger partial charge in [0.15, 0.2) is 0 Å². The van der Waals surface area contributed by atoms with Crippen molar-refractivity contribution in [2.75, 3.05) is 34.4 Å². The van der Waals surface area contributed by atoms with Crippen molar-refractivity contribution in [2.24, 2.45) is 11.5 Å². The molecule has 16 heteroatoms. The van der Waals surface area contributed by atoms with Crippen LogP contribution in [0.3, 0.4) is 0 Å². The largest absolute Gasteiger partial charge is 0.457 e. The van der Waals surface area contributed by atoms with Crippen LogP contribution in [-0.4, -0.2) is 56.3 Å². The van der Waals surface area contributed by atoms with Gasteiger partial charge in [0.05, 0.1) is 12.1 Å². The van der Waals surface area contributed by atoms with Crippen LogP contribution >= 0.6 is 0 Å². The summed E-state index contributed by atoms with van der Waals surface area (Å²) >= 11 is 0. The van der Waals surface area contributed by atoms with Crippen LogP contribution in [0.25, 0.3) is 22.5 Å². The minimum absolute atomic E-state index is 0.144. The lowest BCUT2D eigenvalue weighted by Gasteiger charge is -2.26. The molecule has 8 N–H and O–H groups in total. The molecule has 4 amide bonds. The average molecular weight is 959 g/mol. The van der Waals surface area contributed by atoms with Crippen molar-refractivity contribution in [2.45, 2.75) is 24.9 Å². The van der Waals surface area contributed by atoms with E-state index in [1.54, 1.807) is 0 Å². The number of nitrogens with two attached hydrogens (primary N) is 2. The monoisotopic (exact) mass is 958 g/mol. The normalized spacial score (nSPS) is 14.3. The minimum atomic E-state index is -0.559. The van der Waals surface area contributed by atoms with E-state index >= 15 is 0 Å². The second kappa shape index (κ2) is 21.3. The Balaban J connectivity index is 0.000000178. The topological polar surface area (TPSA) is 223 Å². The van der Waals surface area contributed by atoms with E-state index in [9.17, 15) is 19.2 Å². The number of carbonyl (C=O) groups excluding carboxylic acids is 4. The second-order valence-corrected chi connectivity index (χ2v) is 16.7. The number of aromatic nitrogens is 4. The minimum Gasteiger partial charge on any atom is -0.457 e. The van der Waals surface area contributed by atoms with E-state index in [2.05, 4.69) is 34.4 Å². The van der Waals surface area contributed by atoms with E-state index in [-0.39, 0.29) is 23.9 Å². The number of nitrogens with zero attached hydrogens (tertiary/aromatic N) is 4. The molecule has 6 aromatic carbocycles. The molecule has 0 fully saturated rings. The highest BCUT2D eigenvalue weighted by Gasteiger charge is 2.32. The van der Waals surface area contributed by atoms with Crippen LogP contribution < -0.4 is 42.2 Å². The number of amides is 4. The molecule has 4 heterocycles. The van der Waals surface area contributed by atoms with Gasteiger partial charge in [-0.15, -0.1) is 0 Å². The van der Waals surface area contributed by atoms with Crippen LogP contribution in [0.1, 0.15) is 56.8 Å². The number of anilines is 4.